The monoisotopic (exact) mass is 370 g/mol. The van der Waals surface area contributed by atoms with Crippen molar-refractivity contribution in [3.05, 3.63) is 70.3 Å². The minimum atomic E-state index is -0.924. The molecule has 0 aliphatic carbocycles. The smallest absolute Gasteiger partial charge is 0.276 e. The fourth-order valence-corrected chi connectivity index (χ4v) is 2.76. The van der Waals surface area contributed by atoms with E-state index >= 15 is 0 Å². The molecule has 0 amide bonds. The molecule has 2 aromatic carbocycles. The van der Waals surface area contributed by atoms with Gasteiger partial charge in [-0.2, -0.15) is 5.10 Å². The van der Waals surface area contributed by atoms with Gasteiger partial charge in [0.1, 0.15) is 12.7 Å². The fourth-order valence-electron chi connectivity index (χ4n) is 2.76. The number of benzene rings is 2. The van der Waals surface area contributed by atoms with Crippen LogP contribution in [0.1, 0.15) is 17.2 Å². The standard InChI is InChI=1S/C18H18N4O5/c1-26-17-8-13(15(22(24)25)9-18(17)27-2)7-16(23)12-3-5-14(6-4-12)21-11-19-10-20-21/h3-6,8-11,16,23H,7H2,1-2H3/t16-/m0/s1. The number of hydrogen-bond donors (Lipinski definition) is 1. The highest BCUT2D eigenvalue weighted by atomic mass is 16.6. The summed E-state index contributed by atoms with van der Waals surface area (Å²) in [5, 5.41) is 26.0. The van der Waals surface area contributed by atoms with Gasteiger partial charge in [-0.15, -0.1) is 0 Å². The summed E-state index contributed by atoms with van der Waals surface area (Å²) in [4.78, 5) is 14.8. The van der Waals surface area contributed by atoms with E-state index in [4.69, 9.17) is 9.47 Å². The molecule has 0 saturated heterocycles. The summed E-state index contributed by atoms with van der Waals surface area (Å²) in [5.74, 6) is 0.631. The maximum absolute atomic E-state index is 11.4. The van der Waals surface area contributed by atoms with Gasteiger partial charge in [-0.05, 0) is 23.8 Å². The van der Waals surface area contributed by atoms with Crippen molar-refractivity contribution in [3.63, 3.8) is 0 Å². The van der Waals surface area contributed by atoms with Crippen LogP contribution in [0.2, 0.25) is 0 Å². The summed E-state index contributed by atoms with van der Waals surface area (Å²) in [6, 6.07) is 9.88. The molecule has 0 saturated carbocycles. The second-order valence-corrected chi connectivity index (χ2v) is 5.74. The quantitative estimate of drug-likeness (QED) is 0.502. The third-order valence-electron chi connectivity index (χ3n) is 4.16. The van der Waals surface area contributed by atoms with Gasteiger partial charge in [-0.1, -0.05) is 12.1 Å². The Bertz CT molecular complexity index is 926. The molecular weight excluding hydrogens is 352 g/mol. The van der Waals surface area contributed by atoms with Gasteiger partial charge in [0, 0.05) is 12.0 Å². The molecule has 9 nitrogen and oxygen atoms in total. The van der Waals surface area contributed by atoms with E-state index in [2.05, 4.69) is 10.1 Å². The Morgan fingerprint density at radius 1 is 1.19 bits per heavy atom. The van der Waals surface area contributed by atoms with Crippen LogP contribution in [0.4, 0.5) is 5.69 Å². The number of ether oxygens (including phenoxy) is 2. The summed E-state index contributed by atoms with van der Waals surface area (Å²) >= 11 is 0. The lowest BCUT2D eigenvalue weighted by molar-refractivity contribution is -0.385. The molecule has 0 fully saturated rings. The molecule has 3 rings (SSSR count). The maximum atomic E-state index is 11.4. The Hall–Kier alpha value is -3.46. The van der Waals surface area contributed by atoms with Gasteiger partial charge in [0.05, 0.1) is 37.0 Å². The first-order chi connectivity index (χ1) is 13.0. The van der Waals surface area contributed by atoms with Gasteiger partial charge in [0.25, 0.3) is 5.69 Å². The first-order valence-electron chi connectivity index (χ1n) is 8.05. The average molecular weight is 370 g/mol. The Morgan fingerprint density at radius 3 is 2.41 bits per heavy atom. The van der Waals surface area contributed by atoms with E-state index in [1.807, 2.05) is 0 Å². The normalized spacial score (nSPS) is 11.8. The molecule has 9 heteroatoms. The van der Waals surface area contributed by atoms with Crippen molar-refractivity contribution in [2.75, 3.05) is 14.2 Å². The van der Waals surface area contributed by atoms with Crippen LogP contribution in [0.5, 0.6) is 11.5 Å². The first kappa shape index (κ1) is 18.3. The highest BCUT2D eigenvalue weighted by Gasteiger charge is 2.22. The van der Waals surface area contributed by atoms with Crippen molar-refractivity contribution in [2.24, 2.45) is 0 Å². The SMILES string of the molecule is COc1cc(C[C@H](O)c2ccc(-n3cncn3)cc2)c([N+](=O)[O-])cc1OC. The van der Waals surface area contributed by atoms with Crippen LogP contribution in [0.25, 0.3) is 5.69 Å². The first-order valence-corrected chi connectivity index (χ1v) is 8.05. The Balaban J connectivity index is 1.86. The van der Waals surface area contributed by atoms with Crippen molar-refractivity contribution >= 4 is 5.69 Å². The molecule has 1 atom stereocenters. The zero-order valence-corrected chi connectivity index (χ0v) is 14.8. The molecule has 0 unspecified atom stereocenters. The van der Waals surface area contributed by atoms with Crippen molar-refractivity contribution in [2.45, 2.75) is 12.5 Å². The molecule has 0 radical (unpaired) electrons. The van der Waals surface area contributed by atoms with Gasteiger partial charge in [0.15, 0.2) is 11.5 Å². The van der Waals surface area contributed by atoms with E-state index in [9.17, 15) is 15.2 Å². The zero-order valence-electron chi connectivity index (χ0n) is 14.8. The number of nitro groups is 1. The molecule has 1 aromatic heterocycles. The van der Waals surface area contributed by atoms with Crippen molar-refractivity contribution in [1.29, 1.82) is 0 Å². The number of rotatable bonds is 7. The lowest BCUT2D eigenvalue weighted by Crippen LogP contribution is -2.06. The fraction of sp³-hybridized carbons (Fsp3) is 0.222. The molecule has 140 valence electrons. The number of methoxy groups -OCH3 is 2. The third-order valence-corrected chi connectivity index (χ3v) is 4.16. The topological polar surface area (TPSA) is 113 Å². The van der Waals surface area contributed by atoms with E-state index in [0.29, 0.717) is 16.9 Å². The summed E-state index contributed by atoms with van der Waals surface area (Å²) in [6.07, 6.45) is 2.13. The van der Waals surface area contributed by atoms with Crippen LogP contribution in [0.15, 0.2) is 49.1 Å². The molecule has 27 heavy (non-hydrogen) atoms. The van der Waals surface area contributed by atoms with Crippen LogP contribution in [-0.4, -0.2) is 39.0 Å². The van der Waals surface area contributed by atoms with Gasteiger partial charge >= 0.3 is 0 Å². The molecular formula is C18H18N4O5. The summed E-state index contributed by atoms with van der Waals surface area (Å²) in [5.41, 5.74) is 1.64. The zero-order chi connectivity index (χ0) is 19.4. The van der Waals surface area contributed by atoms with Crippen LogP contribution in [-0.2, 0) is 6.42 Å². The number of hydrogen-bond acceptors (Lipinski definition) is 7. The lowest BCUT2D eigenvalue weighted by atomic mass is 9.99. The van der Waals surface area contributed by atoms with Crippen LogP contribution < -0.4 is 9.47 Å². The van der Waals surface area contributed by atoms with Crippen molar-refractivity contribution in [1.82, 2.24) is 14.8 Å². The van der Waals surface area contributed by atoms with Crippen LogP contribution in [0, 0.1) is 10.1 Å². The average Bonchev–Trinajstić information content (AvgIpc) is 3.22. The number of aromatic nitrogens is 3. The molecule has 1 heterocycles. The second kappa shape index (κ2) is 7.83. The van der Waals surface area contributed by atoms with E-state index in [1.54, 1.807) is 35.3 Å². The molecule has 0 aliphatic rings. The molecule has 0 bridgehead atoms. The highest BCUT2D eigenvalue weighted by Crippen LogP contribution is 2.36. The van der Waals surface area contributed by atoms with E-state index in [1.165, 1.54) is 32.7 Å². The van der Waals surface area contributed by atoms with Gasteiger partial charge < -0.3 is 14.6 Å². The molecule has 1 N–H and O–H groups in total. The molecule has 0 spiro atoms. The van der Waals surface area contributed by atoms with Crippen molar-refractivity contribution in [3.8, 4) is 17.2 Å². The summed E-state index contributed by atoms with van der Waals surface area (Å²) < 4.78 is 11.9. The van der Waals surface area contributed by atoms with Gasteiger partial charge in [0.2, 0.25) is 0 Å². The Labute approximate surface area is 155 Å². The molecule has 0 aliphatic heterocycles. The predicted molar refractivity (Wildman–Crippen MR) is 96.2 cm³/mol. The predicted octanol–water partition coefficient (Wildman–Crippen LogP) is 2.47. The number of aliphatic hydroxyl groups excluding tert-OH is 1. The van der Waals surface area contributed by atoms with Crippen molar-refractivity contribution < 1.29 is 19.5 Å². The second-order valence-electron chi connectivity index (χ2n) is 5.74. The van der Waals surface area contributed by atoms with Crippen LogP contribution in [0.3, 0.4) is 0 Å². The minimum absolute atomic E-state index is 0.0549. The summed E-state index contributed by atoms with van der Waals surface area (Å²) in [7, 11) is 2.86. The maximum Gasteiger partial charge on any atom is 0.276 e. The van der Waals surface area contributed by atoms with E-state index < -0.39 is 11.0 Å². The summed E-state index contributed by atoms with van der Waals surface area (Å²) in [6.45, 7) is 0. The number of aliphatic hydroxyl groups is 1. The Morgan fingerprint density at radius 2 is 1.85 bits per heavy atom. The lowest BCUT2D eigenvalue weighted by Gasteiger charge is -2.14. The highest BCUT2D eigenvalue weighted by molar-refractivity contribution is 5.54. The minimum Gasteiger partial charge on any atom is -0.493 e. The van der Waals surface area contributed by atoms with E-state index in [-0.39, 0.29) is 17.9 Å². The largest absolute Gasteiger partial charge is 0.493 e. The van der Waals surface area contributed by atoms with Gasteiger partial charge in [-0.25, -0.2) is 9.67 Å². The third kappa shape index (κ3) is 3.87. The number of nitro benzene ring substituents is 1. The van der Waals surface area contributed by atoms with Crippen LogP contribution >= 0.6 is 0 Å². The van der Waals surface area contributed by atoms with Gasteiger partial charge in [-0.3, -0.25) is 10.1 Å². The molecule has 3 aromatic rings. The number of nitrogens with zero attached hydrogens (tertiary/aromatic N) is 4. The Kier molecular flexibility index (Phi) is 5.32. The van der Waals surface area contributed by atoms with E-state index in [0.717, 1.165) is 5.69 Å².